The van der Waals surface area contributed by atoms with Gasteiger partial charge in [0.2, 0.25) is 0 Å². The van der Waals surface area contributed by atoms with E-state index in [2.05, 4.69) is 13.8 Å². The van der Waals surface area contributed by atoms with Crippen LogP contribution in [0.2, 0.25) is 0 Å². The van der Waals surface area contributed by atoms with Crippen molar-refractivity contribution in [2.24, 2.45) is 5.41 Å². The second-order valence-electron chi connectivity index (χ2n) is 5.42. The lowest BCUT2D eigenvalue weighted by atomic mass is 9.80. The molecule has 0 spiro atoms. The molecule has 0 saturated carbocycles. The van der Waals surface area contributed by atoms with E-state index in [0.29, 0.717) is 6.42 Å². The summed E-state index contributed by atoms with van der Waals surface area (Å²) in [4.78, 5) is 12.5. The number of rotatable bonds is 10. The van der Waals surface area contributed by atoms with Crippen LogP contribution >= 0.6 is 0 Å². The Labute approximate surface area is 112 Å². The number of carbonyl (C=O) groups is 1. The third-order valence-electron chi connectivity index (χ3n) is 3.81. The van der Waals surface area contributed by atoms with Crippen molar-refractivity contribution in [3.8, 4) is 0 Å². The Morgan fingerprint density at radius 1 is 1.33 bits per heavy atom. The Morgan fingerprint density at radius 2 is 1.94 bits per heavy atom. The van der Waals surface area contributed by atoms with Gasteiger partial charge in [-0.3, -0.25) is 4.79 Å². The van der Waals surface area contributed by atoms with Crippen molar-refractivity contribution >= 4 is 5.78 Å². The van der Waals surface area contributed by atoms with E-state index in [1.807, 2.05) is 20.8 Å². The Hall–Kier alpha value is -0.410. The van der Waals surface area contributed by atoms with Crippen molar-refractivity contribution in [3.05, 3.63) is 0 Å². The topological polar surface area (TPSA) is 46.5 Å². The second kappa shape index (κ2) is 8.65. The van der Waals surface area contributed by atoms with Crippen LogP contribution in [0.15, 0.2) is 0 Å². The molecule has 0 aliphatic rings. The molecule has 0 heterocycles. The number of hydrogen-bond acceptors (Lipinski definition) is 3. The predicted molar refractivity (Wildman–Crippen MR) is 74.6 cm³/mol. The molecular weight excluding hydrogens is 228 g/mol. The fraction of sp³-hybridized carbons (Fsp3) is 0.933. The molecule has 0 aliphatic carbocycles. The van der Waals surface area contributed by atoms with Crippen molar-refractivity contribution in [3.63, 3.8) is 0 Å². The number of unbranched alkanes of at least 4 members (excludes halogenated alkanes) is 1. The largest absolute Gasteiger partial charge is 0.395 e. The molecule has 1 N–H and O–H groups in total. The van der Waals surface area contributed by atoms with Crippen LogP contribution in [0, 0.1) is 5.41 Å². The van der Waals surface area contributed by atoms with Gasteiger partial charge < -0.3 is 9.84 Å². The molecule has 0 aromatic heterocycles. The Morgan fingerprint density at radius 3 is 2.33 bits per heavy atom. The lowest BCUT2D eigenvalue weighted by Crippen LogP contribution is -2.41. The van der Waals surface area contributed by atoms with Crippen LogP contribution in [0.4, 0.5) is 0 Å². The summed E-state index contributed by atoms with van der Waals surface area (Å²) in [5.41, 5.74) is -0.661. The average molecular weight is 258 g/mol. The van der Waals surface area contributed by atoms with Gasteiger partial charge in [-0.1, -0.05) is 40.5 Å². The molecule has 0 bridgehead atoms. The van der Waals surface area contributed by atoms with Crippen LogP contribution < -0.4 is 0 Å². The fourth-order valence-electron chi connectivity index (χ4n) is 1.78. The molecular formula is C15H30O3. The third kappa shape index (κ3) is 5.07. The summed E-state index contributed by atoms with van der Waals surface area (Å²) < 4.78 is 5.85. The van der Waals surface area contributed by atoms with Gasteiger partial charge in [0.1, 0.15) is 6.10 Å². The summed E-state index contributed by atoms with van der Waals surface area (Å²) in [6.45, 7) is 9.82. The summed E-state index contributed by atoms with van der Waals surface area (Å²) in [5.74, 6) is 0.0567. The number of carbonyl (C=O) groups excluding carboxylic acids is 1. The van der Waals surface area contributed by atoms with Gasteiger partial charge in [0.05, 0.1) is 18.1 Å². The number of Topliss-reactive ketones (excluding diaryl/α,β-unsaturated/α-hetero) is 1. The summed E-state index contributed by atoms with van der Waals surface area (Å²) in [6, 6.07) is 0. The smallest absolute Gasteiger partial charge is 0.169 e. The van der Waals surface area contributed by atoms with Crippen LogP contribution in [0.1, 0.15) is 66.7 Å². The second-order valence-corrected chi connectivity index (χ2v) is 5.42. The normalized spacial score (nSPS) is 18.1. The molecule has 3 heteroatoms. The molecule has 108 valence electrons. The predicted octanol–water partition coefficient (Wildman–Crippen LogP) is 3.34. The van der Waals surface area contributed by atoms with Gasteiger partial charge >= 0.3 is 0 Å². The number of aliphatic hydroxyl groups is 1. The molecule has 3 nitrogen and oxygen atoms in total. The maximum Gasteiger partial charge on any atom is 0.169 e. The van der Waals surface area contributed by atoms with Gasteiger partial charge in [-0.2, -0.15) is 0 Å². The maximum atomic E-state index is 12.5. The molecule has 0 aromatic rings. The summed E-state index contributed by atoms with van der Waals surface area (Å²) >= 11 is 0. The lowest BCUT2D eigenvalue weighted by molar-refractivity contribution is -0.146. The quantitative estimate of drug-likeness (QED) is 0.653. The van der Waals surface area contributed by atoms with E-state index in [-0.39, 0.29) is 24.6 Å². The van der Waals surface area contributed by atoms with Crippen LogP contribution in [-0.4, -0.2) is 29.7 Å². The highest BCUT2D eigenvalue weighted by Crippen LogP contribution is 2.27. The van der Waals surface area contributed by atoms with Crippen LogP contribution in [0.5, 0.6) is 0 Å². The summed E-state index contributed by atoms with van der Waals surface area (Å²) in [7, 11) is 0. The molecule has 0 rings (SSSR count). The van der Waals surface area contributed by atoms with E-state index in [1.54, 1.807) is 0 Å². The zero-order chi connectivity index (χ0) is 14.2. The number of ether oxygens (including phenoxy) is 1. The van der Waals surface area contributed by atoms with Gasteiger partial charge in [-0.15, -0.1) is 0 Å². The monoisotopic (exact) mass is 258 g/mol. The lowest BCUT2D eigenvalue weighted by Gasteiger charge is -2.30. The van der Waals surface area contributed by atoms with Gasteiger partial charge in [-0.25, -0.2) is 0 Å². The average Bonchev–Trinajstić information content (AvgIpc) is 2.41. The van der Waals surface area contributed by atoms with E-state index in [1.165, 1.54) is 0 Å². The maximum absolute atomic E-state index is 12.5. The van der Waals surface area contributed by atoms with E-state index < -0.39 is 5.41 Å². The standard InChI is InChI=1S/C15H30O3/c1-6-9-10-13(18-12(4)7-2)14(17)15(5,8-3)11-16/h12-13,16H,6-11H2,1-5H3. The Bertz CT molecular complexity index is 234. The first kappa shape index (κ1) is 17.6. The number of hydrogen-bond donors (Lipinski definition) is 1. The van der Waals surface area contributed by atoms with Crippen molar-refractivity contribution < 1.29 is 14.6 Å². The zero-order valence-corrected chi connectivity index (χ0v) is 12.7. The minimum atomic E-state index is -0.661. The highest BCUT2D eigenvalue weighted by atomic mass is 16.5. The summed E-state index contributed by atoms with van der Waals surface area (Å²) in [6.07, 6.45) is 4.07. The highest BCUT2D eigenvalue weighted by Gasteiger charge is 2.36. The Balaban J connectivity index is 4.77. The van der Waals surface area contributed by atoms with Crippen molar-refractivity contribution in [2.45, 2.75) is 78.9 Å². The van der Waals surface area contributed by atoms with Gasteiger partial charge in [0, 0.05) is 0 Å². The van der Waals surface area contributed by atoms with Crippen LogP contribution in [-0.2, 0) is 9.53 Å². The minimum Gasteiger partial charge on any atom is -0.395 e. The van der Waals surface area contributed by atoms with Gasteiger partial charge in [0.15, 0.2) is 5.78 Å². The molecule has 0 amide bonds. The van der Waals surface area contributed by atoms with Crippen molar-refractivity contribution in [1.82, 2.24) is 0 Å². The van der Waals surface area contributed by atoms with Gasteiger partial charge in [0.25, 0.3) is 0 Å². The molecule has 0 aromatic carbocycles. The zero-order valence-electron chi connectivity index (χ0n) is 12.7. The van der Waals surface area contributed by atoms with E-state index in [4.69, 9.17) is 4.74 Å². The fourth-order valence-corrected chi connectivity index (χ4v) is 1.78. The summed E-state index contributed by atoms with van der Waals surface area (Å²) in [5, 5.41) is 9.44. The van der Waals surface area contributed by atoms with Crippen molar-refractivity contribution in [2.75, 3.05) is 6.61 Å². The molecule has 0 radical (unpaired) electrons. The van der Waals surface area contributed by atoms with E-state index in [0.717, 1.165) is 25.7 Å². The first-order chi connectivity index (χ1) is 8.45. The first-order valence-electron chi connectivity index (χ1n) is 7.25. The number of aliphatic hydroxyl groups excluding tert-OH is 1. The van der Waals surface area contributed by atoms with Crippen LogP contribution in [0.25, 0.3) is 0 Å². The van der Waals surface area contributed by atoms with E-state index in [9.17, 15) is 9.90 Å². The Kier molecular flexibility index (Phi) is 8.45. The van der Waals surface area contributed by atoms with Crippen molar-refractivity contribution in [1.29, 1.82) is 0 Å². The van der Waals surface area contributed by atoms with Crippen LogP contribution in [0.3, 0.4) is 0 Å². The first-order valence-corrected chi connectivity index (χ1v) is 7.25. The molecule has 0 fully saturated rings. The highest BCUT2D eigenvalue weighted by molar-refractivity contribution is 5.88. The third-order valence-corrected chi connectivity index (χ3v) is 3.81. The molecule has 0 aliphatic heterocycles. The molecule has 3 unspecified atom stereocenters. The minimum absolute atomic E-state index is 0.0567. The SMILES string of the molecule is CCCCC(OC(C)CC)C(=O)C(C)(CC)CO. The molecule has 0 saturated heterocycles. The van der Waals surface area contributed by atoms with E-state index >= 15 is 0 Å². The number of ketones is 1. The van der Waals surface area contributed by atoms with Gasteiger partial charge in [-0.05, 0) is 26.2 Å². The molecule has 3 atom stereocenters. The molecule has 18 heavy (non-hydrogen) atoms.